The lowest BCUT2D eigenvalue weighted by atomic mass is 10.2. The minimum absolute atomic E-state index is 0.202. The van der Waals surface area contributed by atoms with Gasteiger partial charge in [0.25, 0.3) is 0 Å². The second-order valence-electron chi connectivity index (χ2n) is 3.83. The Morgan fingerprint density at radius 2 is 2.20 bits per heavy atom. The van der Waals surface area contributed by atoms with Gasteiger partial charge in [0, 0.05) is 17.7 Å². The van der Waals surface area contributed by atoms with Crippen LogP contribution in [0.2, 0.25) is 0 Å². The van der Waals surface area contributed by atoms with Crippen molar-refractivity contribution in [3.8, 4) is 5.75 Å². The van der Waals surface area contributed by atoms with Gasteiger partial charge >= 0.3 is 0 Å². The Bertz CT molecular complexity index is 589. The molecule has 0 atom stereocenters. The Labute approximate surface area is 121 Å². The van der Waals surface area contributed by atoms with Crippen molar-refractivity contribution in [1.29, 1.82) is 0 Å². The van der Waals surface area contributed by atoms with E-state index in [0.717, 1.165) is 11.3 Å². The number of ether oxygens (including phenoxy) is 1. The van der Waals surface area contributed by atoms with Gasteiger partial charge in [0.05, 0.1) is 0 Å². The smallest absolute Gasteiger partial charge is 0.250 e. The summed E-state index contributed by atoms with van der Waals surface area (Å²) >= 11 is 1.38. The van der Waals surface area contributed by atoms with Crippen molar-refractivity contribution in [3.05, 3.63) is 60.1 Å². The molecule has 1 aromatic heterocycles. The lowest BCUT2D eigenvalue weighted by molar-refractivity contribution is -0.111. The molecule has 0 aliphatic rings. The van der Waals surface area contributed by atoms with Gasteiger partial charge in [-0.2, -0.15) is 0 Å². The Hall–Kier alpha value is -2.40. The van der Waals surface area contributed by atoms with Crippen molar-refractivity contribution in [3.63, 3.8) is 0 Å². The summed E-state index contributed by atoms with van der Waals surface area (Å²) in [7, 11) is 0. The molecule has 2 aromatic rings. The molecule has 0 radical (unpaired) electrons. The Balaban J connectivity index is 1.90. The van der Waals surface area contributed by atoms with Gasteiger partial charge < -0.3 is 4.74 Å². The predicted molar refractivity (Wildman–Crippen MR) is 81.9 cm³/mol. The number of hydrogen-bond donors (Lipinski definition) is 1. The van der Waals surface area contributed by atoms with Crippen LogP contribution in [0.15, 0.2) is 54.6 Å². The molecular weight excluding hydrogens is 272 g/mol. The predicted octanol–water partition coefficient (Wildman–Crippen LogP) is 3.36. The number of aromatic nitrogens is 1. The molecule has 1 aromatic carbocycles. The van der Waals surface area contributed by atoms with E-state index in [1.807, 2.05) is 24.3 Å². The first-order valence-corrected chi connectivity index (χ1v) is 6.88. The summed E-state index contributed by atoms with van der Waals surface area (Å²) in [5, 5.41) is 5.07. The molecule has 1 amide bonds. The molecule has 20 heavy (non-hydrogen) atoms. The van der Waals surface area contributed by atoms with E-state index in [2.05, 4.69) is 16.9 Å². The standard InChI is InChI=1S/C15H14N2O2S/c1-2-10-19-13-6-3-12(4-7-13)5-8-14(18)17-15-16-9-11-20-15/h2-9,11H,1,10H2,(H,16,17,18)/b8-5+. The highest BCUT2D eigenvalue weighted by Crippen LogP contribution is 2.14. The molecule has 0 spiro atoms. The molecule has 0 unspecified atom stereocenters. The second kappa shape index (κ2) is 7.25. The first-order valence-electron chi connectivity index (χ1n) is 6.00. The molecule has 2 rings (SSSR count). The number of amides is 1. The maximum atomic E-state index is 11.6. The van der Waals surface area contributed by atoms with Crippen LogP contribution in [-0.2, 0) is 4.79 Å². The van der Waals surface area contributed by atoms with E-state index >= 15 is 0 Å². The van der Waals surface area contributed by atoms with Gasteiger partial charge in [-0.25, -0.2) is 4.98 Å². The minimum atomic E-state index is -0.202. The monoisotopic (exact) mass is 286 g/mol. The lowest BCUT2D eigenvalue weighted by Crippen LogP contribution is -2.06. The van der Waals surface area contributed by atoms with Crippen molar-refractivity contribution in [1.82, 2.24) is 4.98 Å². The van der Waals surface area contributed by atoms with Crippen molar-refractivity contribution in [2.24, 2.45) is 0 Å². The number of thiazole rings is 1. The van der Waals surface area contributed by atoms with Crippen LogP contribution in [0, 0.1) is 0 Å². The normalized spacial score (nSPS) is 10.4. The third kappa shape index (κ3) is 4.37. The van der Waals surface area contributed by atoms with Crippen LogP contribution in [0.25, 0.3) is 6.08 Å². The van der Waals surface area contributed by atoms with E-state index in [1.165, 1.54) is 17.4 Å². The molecule has 0 fully saturated rings. The Kier molecular flexibility index (Phi) is 5.08. The van der Waals surface area contributed by atoms with Gasteiger partial charge in [-0.15, -0.1) is 11.3 Å². The van der Waals surface area contributed by atoms with E-state index in [9.17, 15) is 4.79 Å². The molecule has 0 aliphatic heterocycles. The summed E-state index contributed by atoms with van der Waals surface area (Å²) in [5.74, 6) is 0.571. The molecule has 102 valence electrons. The summed E-state index contributed by atoms with van der Waals surface area (Å²) in [4.78, 5) is 15.6. The third-order valence-corrected chi connectivity index (χ3v) is 3.03. The fourth-order valence-corrected chi connectivity index (χ4v) is 1.97. The number of rotatable bonds is 6. The zero-order chi connectivity index (χ0) is 14.2. The van der Waals surface area contributed by atoms with Crippen LogP contribution in [0.1, 0.15) is 5.56 Å². The van der Waals surface area contributed by atoms with E-state index in [-0.39, 0.29) is 5.91 Å². The van der Waals surface area contributed by atoms with Crippen LogP contribution >= 0.6 is 11.3 Å². The van der Waals surface area contributed by atoms with Gasteiger partial charge in [-0.1, -0.05) is 24.8 Å². The SMILES string of the molecule is C=CCOc1ccc(/C=C/C(=O)Nc2nccs2)cc1. The zero-order valence-electron chi connectivity index (χ0n) is 10.8. The summed E-state index contributed by atoms with van der Waals surface area (Å²) in [6.45, 7) is 4.07. The molecule has 0 aliphatic carbocycles. The van der Waals surface area contributed by atoms with E-state index in [0.29, 0.717) is 11.7 Å². The quantitative estimate of drug-likeness (QED) is 0.654. The topological polar surface area (TPSA) is 51.2 Å². The first kappa shape index (κ1) is 14.0. The second-order valence-corrected chi connectivity index (χ2v) is 4.72. The van der Waals surface area contributed by atoms with Gasteiger partial charge in [0.1, 0.15) is 12.4 Å². The van der Waals surface area contributed by atoms with Crippen LogP contribution < -0.4 is 10.1 Å². The zero-order valence-corrected chi connectivity index (χ0v) is 11.6. The molecule has 1 N–H and O–H groups in total. The number of carbonyl (C=O) groups is 1. The number of anilines is 1. The minimum Gasteiger partial charge on any atom is -0.490 e. The molecule has 0 bridgehead atoms. The number of hydrogen-bond acceptors (Lipinski definition) is 4. The largest absolute Gasteiger partial charge is 0.490 e. The van der Waals surface area contributed by atoms with E-state index < -0.39 is 0 Å². The van der Waals surface area contributed by atoms with E-state index in [1.54, 1.807) is 23.7 Å². The average Bonchev–Trinajstić information content (AvgIpc) is 2.97. The van der Waals surface area contributed by atoms with Gasteiger partial charge in [-0.3, -0.25) is 10.1 Å². The van der Waals surface area contributed by atoms with Crippen molar-refractivity contribution < 1.29 is 9.53 Å². The summed E-state index contributed by atoms with van der Waals surface area (Å²) in [6, 6.07) is 7.46. The number of nitrogens with zero attached hydrogens (tertiary/aromatic N) is 1. The molecule has 0 saturated carbocycles. The van der Waals surface area contributed by atoms with Crippen molar-refractivity contribution in [2.75, 3.05) is 11.9 Å². The van der Waals surface area contributed by atoms with Crippen LogP contribution in [0.4, 0.5) is 5.13 Å². The fourth-order valence-electron chi connectivity index (χ4n) is 1.43. The van der Waals surface area contributed by atoms with Gasteiger partial charge in [-0.05, 0) is 23.8 Å². The lowest BCUT2D eigenvalue weighted by Gasteiger charge is -2.02. The maximum absolute atomic E-state index is 11.6. The maximum Gasteiger partial charge on any atom is 0.250 e. The third-order valence-electron chi connectivity index (χ3n) is 2.34. The highest BCUT2D eigenvalue weighted by molar-refractivity contribution is 7.13. The fraction of sp³-hybridized carbons (Fsp3) is 0.0667. The Morgan fingerprint density at radius 1 is 1.40 bits per heavy atom. The van der Waals surface area contributed by atoms with Gasteiger partial charge in [0.15, 0.2) is 5.13 Å². The van der Waals surface area contributed by atoms with Gasteiger partial charge in [0.2, 0.25) is 5.91 Å². The molecular formula is C15H14N2O2S. The summed E-state index contributed by atoms with van der Waals surface area (Å²) in [6.07, 6.45) is 6.55. The highest BCUT2D eigenvalue weighted by Gasteiger charge is 1.99. The van der Waals surface area contributed by atoms with Crippen LogP contribution in [0.3, 0.4) is 0 Å². The molecule has 1 heterocycles. The Morgan fingerprint density at radius 3 is 2.85 bits per heavy atom. The molecule has 4 nitrogen and oxygen atoms in total. The van der Waals surface area contributed by atoms with Crippen molar-refractivity contribution in [2.45, 2.75) is 0 Å². The number of nitrogens with one attached hydrogen (secondary N) is 1. The molecule has 5 heteroatoms. The van der Waals surface area contributed by atoms with Crippen LogP contribution in [-0.4, -0.2) is 17.5 Å². The van der Waals surface area contributed by atoms with Crippen LogP contribution in [0.5, 0.6) is 5.75 Å². The molecule has 0 saturated heterocycles. The first-order chi connectivity index (χ1) is 9.78. The summed E-state index contributed by atoms with van der Waals surface area (Å²) in [5.41, 5.74) is 0.922. The number of benzene rings is 1. The summed E-state index contributed by atoms with van der Waals surface area (Å²) < 4.78 is 5.38. The highest BCUT2D eigenvalue weighted by atomic mass is 32.1. The average molecular weight is 286 g/mol. The van der Waals surface area contributed by atoms with E-state index in [4.69, 9.17) is 4.74 Å². The number of carbonyl (C=O) groups excluding carboxylic acids is 1. The van der Waals surface area contributed by atoms with Crippen molar-refractivity contribution >= 4 is 28.5 Å².